The van der Waals surface area contributed by atoms with Gasteiger partial charge in [-0.3, -0.25) is 29.4 Å². The number of hydrogen-bond acceptors (Lipinski definition) is 7. The Bertz CT molecular complexity index is 1610. The third-order valence-electron chi connectivity index (χ3n) is 6.00. The molecule has 0 bridgehead atoms. The number of benzene rings is 3. The molecule has 0 atom stereocenters. The predicted octanol–water partition coefficient (Wildman–Crippen LogP) is 7.97. The van der Waals surface area contributed by atoms with Crippen LogP contribution in [0.5, 0.6) is 11.5 Å². The van der Waals surface area contributed by atoms with E-state index in [9.17, 15) is 37.7 Å². The molecule has 0 aliphatic carbocycles. The van der Waals surface area contributed by atoms with Gasteiger partial charge in [0.05, 0.1) is 15.4 Å². The zero-order chi connectivity index (χ0) is 30.8. The monoisotopic (exact) mass is 663 g/mol. The Morgan fingerprint density at radius 2 is 1.76 bits per heavy atom. The molecule has 42 heavy (non-hydrogen) atoms. The molecule has 1 heterocycles. The second-order valence-electron chi connectivity index (χ2n) is 9.31. The highest BCUT2D eigenvalue weighted by atomic mass is 79.9. The summed E-state index contributed by atoms with van der Waals surface area (Å²) < 4.78 is 45.4. The van der Waals surface area contributed by atoms with Gasteiger partial charge in [0.15, 0.2) is 0 Å². The molecule has 1 saturated heterocycles. The Kier molecular flexibility index (Phi) is 9.06. The summed E-state index contributed by atoms with van der Waals surface area (Å²) in [4.78, 5) is 49.4. The van der Waals surface area contributed by atoms with Gasteiger partial charge in [-0.05, 0) is 71.8 Å². The molecule has 3 amide bonds. The Hall–Kier alpha value is -4.17. The molecule has 0 radical (unpaired) electrons. The van der Waals surface area contributed by atoms with Crippen molar-refractivity contribution in [2.24, 2.45) is 0 Å². The van der Waals surface area contributed by atoms with Crippen molar-refractivity contribution in [3.05, 3.63) is 96.8 Å². The van der Waals surface area contributed by atoms with E-state index in [2.05, 4.69) is 21.2 Å². The molecule has 3 aromatic rings. The number of nitro groups is 1. The first kappa shape index (κ1) is 30.8. The number of anilines is 1. The zero-order valence-electron chi connectivity index (χ0n) is 21.9. The van der Waals surface area contributed by atoms with Gasteiger partial charge in [-0.25, -0.2) is 0 Å². The molecule has 0 spiro atoms. The van der Waals surface area contributed by atoms with Gasteiger partial charge in [-0.15, -0.1) is 0 Å². The van der Waals surface area contributed by atoms with Crippen LogP contribution in [0.4, 0.5) is 29.3 Å². The average Bonchev–Trinajstić information content (AvgIpc) is 3.17. The maximum absolute atomic E-state index is 13.1. The van der Waals surface area contributed by atoms with Crippen molar-refractivity contribution in [3.63, 3.8) is 0 Å². The smallest absolute Gasteiger partial charge is 0.416 e. The number of hydrogen-bond donors (Lipinski definition) is 1. The first-order valence-electron chi connectivity index (χ1n) is 12.2. The summed E-state index contributed by atoms with van der Waals surface area (Å²) in [6, 6.07) is 13.4. The summed E-state index contributed by atoms with van der Waals surface area (Å²) >= 11 is 3.85. The van der Waals surface area contributed by atoms with Crippen molar-refractivity contribution in [1.82, 2.24) is 4.90 Å². The number of nitrogens with one attached hydrogen (secondary N) is 1. The van der Waals surface area contributed by atoms with Crippen LogP contribution in [0.15, 0.2) is 70.0 Å². The Morgan fingerprint density at radius 3 is 2.38 bits per heavy atom. The molecule has 0 unspecified atom stereocenters. The summed E-state index contributed by atoms with van der Waals surface area (Å²) in [7, 11) is 0. The van der Waals surface area contributed by atoms with E-state index in [-0.39, 0.29) is 16.2 Å². The van der Waals surface area contributed by atoms with Gasteiger partial charge >= 0.3 is 11.9 Å². The van der Waals surface area contributed by atoms with Crippen LogP contribution in [-0.2, 0) is 15.8 Å². The molecular formula is C28H21BrF3N3O6S. The standard InChI is InChI=1S/C28H21BrF3N3O6S/c1-15(2)16-3-7-20(8-4-16)33-25(36)14-34-26(37)24(42-27(34)38)12-17-11-19(29)6-10-22(17)41-23-9-5-18(28(30,31)32)13-21(23)35(39)40/h3-13,15H,14H2,1-2H3,(H,33,36)/b24-12+. The average molecular weight is 664 g/mol. The van der Waals surface area contributed by atoms with Crippen LogP contribution in [0.2, 0.25) is 0 Å². The number of rotatable bonds is 8. The van der Waals surface area contributed by atoms with Gasteiger partial charge in [0.2, 0.25) is 11.7 Å². The van der Waals surface area contributed by atoms with Gasteiger partial charge in [-0.2, -0.15) is 13.2 Å². The van der Waals surface area contributed by atoms with Crippen LogP contribution >= 0.6 is 27.7 Å². The van der Waals surface area contributed by atoms with Crippen molar-refractivity contribution < 1.29 is 37.2 Å². The van der Waals surface area contributed by atoms with Crippen LogP contribution < -0.4 is 10.1 Å². The maximum atomic E-state index is 13.1. The van der Waals surface area contributed by atoms with Crippen LogP contribution in [-0.4, -0.2) is 33.4 Å². The van der Waals surface area contributed by atoms with E-state index < -0.39 is 51.7 Å². The van der Waals surface area contributed by atoms with E-state index >= 15 is 0 Å². The molecule has 218 valence electrons. The number of carbonyl (C=O) groups is 3. The highest BCUT2D eigenvalue weighted by Crippen LogP contribution is 2.40. The minimum Gasteiger partial charge on any atom is -0.449 e. The molecule has 1 aliphatic rings. The van der Waals surface area contributed by atoms with Gasteiger partial charge in [0.25, 0.3) is 11.1 Å². The summed E-state index contributed by atoms with van der Waals surface area (Å²) in [5.74, 6) is -1.52. The van der Waals surface area contributed by atoms with Crippen molar-refractivity contribution in [3.8, 4) is 11.5 Å². The van der Waals surface area contributed by atoms with E-state index in [1.807, 2.05) is 26.0 Å². The lowest BCUT2D eigenvalue weighted by atomic mass is 10.0. The molecule has 14 heteroatoms. The number of carbonyl (C=O) groups excluding carboxylic acids is 3. The summed E-state index contributed by atoms with van der Waals surface area (Å²) in [5.41, 5.74) is -0.362. The Labute approximate surface area is 250 Å². The van der Waals surface area contributed by atoms with Gasteiger partial charge in [0.1, 0.15) is 12.3 Å². The zero-order valence-corrected chi connectivity index (χ0v) is 24.3. The molecule has 1 fully saturated rings. The van der Waals surface area contributed by atoms with Crippen LogP contribution in [0.3, 0.4) is 0 Å². The molecule has 9 nitrogen and oxygen atoms in total. The summed E-state index contributed by atoms with van der Waals surface area (Å²) in [6.07, 6.45) is -3.51. The number of imide groups is 1. The lowest BCUT2D eigenvalue weighted by molar-refractivity contribution is -0.385. The number of thioether (sulfide) groups is 1. The number of nitro benzene ring substituents is 1. The molecular weight excluding hydrogens is 643 g/mol. The molecule has 0 aromatic heterocycles. The minimum absolute atomic E-state index is 0.0320. The molecule has 4 rings (SSSR count). The van der Waals surface area contributed by atoms with E-state index in [4.69, 9.17) is 4.74 Å². The fourth-order valence-corrected chi connectivity index (χ4v) is 5.05. The molecule has 0 saturated carbocycles. The van der Waals surface area contributed by atoms with Crippen molar-refractivity contribution in [2.45, 2.75) is 25.9 Å². The summed E-state index contributed by atoms with van der Waals surface area (Å²) in [5, 5.41) is 13.4. The lowest BCUT2D eigenvalue weighted by Gasteiger charge is -2.13. The van der Waals surface area contributed by atoms with E-state index in [1.54, 1.807) is 12.1 Å². The van der Waals surface area contributed by atoms with E-state index in [0.717, 1.165) is 16.5 Å². The topological polar surface area (TPSA) is 119 Å². The van der Waals surface area contributed by atoms with Crippen molar-refractivity contribution >= 4 is 62.2 Å². The second kappa shape index (κ2) is 12.4. The third kappa shape index (κ3) is 7.18. The number of nitrogens with zero attached hydrogens (tertiary/aromatic N) is 2. The highest BCUT2D eigenvalue weighted by molar-refractivity contribution is 9.10. The molecule has 3 aromatic carbocycles. The minimum atomic E-state index is -4.80. The lowest BCUT2D eigenvalue weighted by Crippen LogP contribution is -2.36. The van der Waals surface area contributed by atoms with Crippen molar-refractivity contribution in [2.75, 3.05) is 11.9 Å². The largest absolute Gasteiger partial charge is 0.449 e. The Morgan fingerprint density at radius 1 is 1.10 bits per heavy atom. The second-order valence-corrected chi connectivity index (χ2v) is 11.2. The quantitative estimate of drug-likeness (QED) is 0.147. The van der Waals surface area contributed by atoms with Crippen molar-refractivity contribution in [1.29, 1.82) is 0 Å². The van der Waals surface area contributed by atoms with Gasteiger partial charge in [0, 0.05) is 21.8 Å². The van der Waals surface area contributed by atoms with Gasteiger partial charge in [-0.1, -0.05) is 41.9 Å². The third-order valence-corrected chi connectivity index (χ3v) is 7.40. The predicted molar refractivity (Wildman–Crippen MR) is 154 cm³/mol. The molecule has 1 N–H and O–H groups in total. The van der Waals surface area contributed by atoms with Crippen LogP contribution in [0.25, 0.3) is 6.08 Å². The first-order valence-corrected chi connectivity index (χ1v) is 13.8. The number of halogens is 4. The number of alkyl halides is 3. The van der Waals surface area contributed by atoms with Gasteiger partial charge < -0.3 is 10.1 Å². The number of amides is 3. The fraction of sp³-hybridized carbons (Fsp3) is 0.179. The van der Waals surface area contributed by atoms with Crippen LogP contribution in [0, 0.1) is 10.1 Å². The fourth-order valence-electron chi connectivity index (χ4n) is 3.84. The Balaban J connectivity index is 1.55. The normalized spacial score (nSPS) is 14.5. The van der Waals surface area contributed by atoms with E-state index in [0.29, 0.717) is 40.0 Å². The van der Waals surface area contributed by atoms with E-state index in [1.165, 1.54) is 24.3 Å². The first-order chi connectivity index (χ1) is 19.7. The number of ether oxygens (including phenoxy) is 1. The molecule has 1 aliphatic heterocycles. The maximum Gasteiger partial charge on any atom is 0.416 e. The SMILES string of the molecule is CC(C)c1ccc(NC(=O)CN2C(=O)S/C(=C/c3cc(Br)ccc3Oc3ccc(C(F)(F)F)cc3[N+](=O)[O-])C2=O)cc1. The highest BCUT2D eigenvalue weighted by Gasteiger charge is 2.37. The summed E-state index contributed by atoms with van der Waals surface area (Å²) in [6.45, 7) is 3.53. The van der Waals surface area contributed by atoms with Crippen LogP contribution in [0.1, 0.15) is 36.5 Å².